The summed E-state index contributed by atoms with van der Waals surface area (Å²) < 4.78 is 24.4. The van der Waals surface area contributed by atoms with Crippen LogP contribution in [-0.2, 0) is 4.79 Å². The van der Waals surface area contributed by atoms with Crippen molar-refractivity contribution >= 4 is 23.4 Å². The highest BCUT2D eigenvalue weighted by molar-refractivity contribution is 7.99. The van der Waals surface area contributed by atoms with Gasteiger partial charge in [-0.3, -0.25) is 9.69 Å². The molecule has 1 amide bonds. The van der Waals surface area contributed by atoms with Crippen LogP contribution in [0.1, 0.15) is 13.8 Å². The average molecular weight is 318 g/mol. The molecule has 118 valence electrons. The van der Waals surface area contributed by atoms with Crippen LogP contribution in [-0.4, -0.2) is 47.4 Å². The summed E-state index contributed by atoms with van der Waals surface area (Å²) in [4.78, 5) is 14.0. The van der Waals surface area contributed by atoms with Crippen molar-refractivity contribution in [1.29, 1.82) is 0 Å². The van der Waals surface area contributed by atoms with Gasteiger partial charge in [-0.25, -0.2) is 0 Å². The Labute approximate surface area is 127 Å². The third-order valence-electron chi connectivity index (χ3n) is 2.43. The van der Waals surface area contributed by atoms with Gasteiger partial charge < -0.3 is 10.4 Å². The largest absolute Gasteiger partial charge is 0.389 e. The average Bonchev–Trinajstić information content (AvgIpc) is 2.28. The van der Waals surface area contributed by atoms with Crippen LogP contribution >= 0.6 is 11.8 Å². The molecule has 0 saturated heterocycles. The lowest BCUT2D eigenvalue weighted by atomic mass is 10.1. The number of nitrogens with zero attached hydrogens (tertiary/aromatic N) is 1. The van der Waals surface area contributed by atoms with Gasteiger partial charge in [0.25, 0.3) is 5.76 Å². The summed E-state index contributed by atoms with van der Waals surface area (Å²) in [5, 5.41) is 12.3. The van der Waals surface area contributed by atoms with Gasteiger partial charge in [0.05, 0.1) is 12.1 Å². The molecule has 0 saturated carbocycles. The molecule has 0 aliphatic heterocycles. The van der Waals surface area contributed by atoms with Crippen LogP contribution < -0.4 is 5.32 Å². The van der Waals surface area contributed by atoms with Gasteiger partial charge in [-0.1, -0.05) is 11.8 Å². The quantitative estimate of drug-likeness (QED) is 0.759. The molecule has 0 atom stereocenters. The zero-order valence-electron chi connectivity index (χ0n) is 12.3. The topological polar surface area (TPSA) is 52.6 Å². The van der Waals surface area contributed by atoms with Crippen LogP contribution in [0.25, 0.3) is 0 Å². The number of benzene rings is 1. The van der Waals surface area contributed by atoms with E-state index < -0.39 is 11.4 Å². The fourth-order valence-electron chi connectivity index (χ4n) is 1.88. The summed E-state index contributed by atoms with van der Waals surface area (Å²) in [6.45, 7) is 3.84. The molecule has 0 spiro atoms. The maximum atomic E-state index is 12.2. The normalized spacial score (nSPS) is 12.0. The Kier molecular flexibility index (Phi) is 6.57. The number of nitrogens with one attached hydrogen (secondary N) is 1. The third kappa shape index (κ3) is 7.99. The Hall–Kier alpha value is -1.18. The SMILES string of the molecule is CN(CC(=O)Nc1ccc(SC(F)F)cc1)CC(C)(C)O. The van der Waals surface area contributed by atoms with Gasteiger partial charge in [-0.2, -0.15) is 8.78 Å². The van der Waals surface area contributed by atoms with E-state index in [1.165, 1.54) is 12.1 Å². The molecule has 7 heteroatoms. The lowest BCUT2D eigenvalue weighted by molar-refractivity contribution is -0.117. The maximum absolute atomic E-state index is 12.2. The first-order chi connectivity index (χ1) is 9.65. The van der Waals surface area contributed by atoms with Crippen LogP contribution in [0.5, 0.6) is 0 Å². The highest BCUT2D eigenvalue weighted by Crippen LogP contribution is 2.26. The second-order valence-corrected chi connectivity index (χ2v) is 6.50. The molecular weight excluding hydrogens is 298 g/mol. The van der Waals surface area contributed by atoms with Crippen molar-refractivity contribution in [2.24, 2.45) is 0 Å². The van der Waals surface area contributed by atoms with Gasteiger partial charge >= 0.3 is 0 Å². The van der Waals surface area contributed by atoms with Gasteiger partial charge in [0, 0.05) is 17.1 Å². The summed E-state index contributed by atoms with van der Waals surface area (Å²) in [7, 11) is 1.74. The number of likely N-dealkylation sites (N-methyl/N-ethyl adjacent to an activating group) is 1. The number of carbonyl (C=O) groups is 1. The van der Waals surface area contributed by atoms with Gasteiger partial charge in [0.2, 0.25) is 5.91 Å². The molecule has 0 bridgehead atoms. The Bertz CT molecular complexity index is 461. The van der Waals surface area contributed by atoms with Gasteiger partial charge in [0.1, 0.15) is 0 Å². The van der Waals surface area contributed by atoms with E-state index in [1.807, 2.05) is 0 Å². The molecule has 1 aromatic rings. The Morgan fingerprint density at radius 1 is 1.38 bits per heavy atom. The summed E-state index contributed by atoms with van der Waals surface area (Å²) in [5.41, 5.74) is -0.321. The highest BCUT2D eigenvalue weighted by atomic mass is 32.2. The standard InChI is InChI=1S/C14H20F2N2O2S/c1-14(2,20)9-18(3)8-12(19)17-10-4-6-11(7-5-10)21-13(15)16/h4-7,13,20H,8-9H2,1-3H3,(H,17,19). The molecule has 21 heavy (non-hydrogen) atoms. The zero-order valence-corrected chi connectivity index (χ0v) is 13.1. The van der Waals surface area contributed by atoms with E-state index in [4.69, 9.17) is 0 Å². The molecule has 0 aliphatic carbocycles. The minimum atomic E-state index is -2.46. The molecule has 0 radical (unpaired) electrons. The number of hydrogen-bond donors (Lipinski definition) is 2. The summed E-state index contributed by atoms with van der Waals surface area (Å²) >= 11 is 0.461. The molecule has 1 aromatic carbocycles. The summed E-state index contributed by atoms with van der Waals surface area (Å²) in [6, 6.07) is 6.23. The molecule has 2 N–H and O–H groups in total. The lowest BCUT2D eigenvalue weighted by Gasteiger charge is -2.24. The molecule has 0 unspecified atom stereocenters. The van der Waals surface area contributed by atoms with Crippen molar-refractivity contribution in [2.75, 3.05) is 25.5 Å². The molecule has 0 heterocycles. The Morgan fingerprint density at radius 2 is 1.95 bits per heavy atom. The second-order valence-electron chi connectivity index (χ2n) is 5.44. The first-order valence-corrected chi connectivity index (χ1v) is 7.29. The number of halogens is 2. The first kappa shape index (κ1) is 17.9. The first-order valence-electron chi connectivity index (χ1n) is 6.41. The fourth-order valence-corrected chi connectivity index (χ4v) is 2.38. The predicted molar refractivity (Wildman–Crippen MR) is 80.7 cm³/mol. The van der Waals surface area contributed by atoms with Crippen molar-refractivity contribution in [1.82, 2.24) is 4.90 Å². The van der Waals surface area contributed by atoms with E-state index in [1.54, 1.807) is 37.9 Å². The summed E-state index contributed by atoms with van der Waals surface area (Å²) in [6.07, 6.45) is 0. The molecular formula is C14H20F2N2O2S. The predicted octanol–water partition coefficient (Wildman–Crippen LogP) is 2.64. The van der Waals surface area contributed by atoms with E-state index in [0.717, 1.165) is 0 Å². The van der Waals surface area contributed by atoms with Crippen LogP contribution in [0.4, 0.5) is 14.5 Å². The number of aliphatic hydroxyl groups is 1. The minimum Gasteiger partial charge on any atom is -0.389 e. The van der Waals surface area contributed by atoms with Crippen molar-refractivity contribution < 1.29 is 18.7 Å². The van der Waals surface area contributed by atoms with E-state index in [2.05, 4.69) is 5.32 Å². The van der Waals surface area contributed by atoms with Gasteiger partial charge in [-0.15, -0.1) is 0 Å². The monoisotopic (exact) mass is 318 g/mol. The number of rotatable bonds is 7. The molecule has 4 nitrogen and oxygen atoms in total. The summed E-state index contributed by atoms with van der Waals surface area (Å²) in [5.74, 6) is -2.68. The number of amides is 1. The van der Waals surface area contributed by atoms with E-state index in [9.17, 15) is 18.7 Å². The zero-order chi connectivity index (χ0) is 16.0. The second kappa shape index (κ2) is 7.72. The van der Waals surface area contributed by atoms with Crippen molar-refractivity contribution in [3.8, 4) is 0 Å². The fraction of sp³-hybridized carbons (Fsp3) is 0.500. The van der Waals surface area contributed by atoms with Gasteiger partial charge in [0.15, 0.2) is 0 Å². The van der Waals surface area contributed by atoms with E-state index in [-0.39, 0.29) is 12.5 Å². The van der Waals surface area contributed by atoms with Crippen molar-refractivity contribution in [3.05, 3.63) is 24.3 Å². The highest BCUT2D eigenvalue weighted by Gasteiger charge is 2.17. The van der Waals surface area contributed by atoms with Crippen LogP contribution in [0.3, 0.4) is 0 Å². The van der Waals surface area contributed by atoms with Crippen LogP contribution in [0.2, 0.25) is 0 Å². The molecule has 0 fully saturated rings. The van der Waals surface area contributed by atoms with Crippen molar-refractivity contribution in [2.45, 2.75) is 30.1 Å². The minimum absolute atomic E-state index is 0.136. The van der Waals surface area contributed by atoms with Gasteiger partial charge in [-0.05, 0) is 45.2 Å². The van der Waals surface area contributed by atoms with Crippen LogP contribution in [0.15, 0.2) is 29.2 Å². The third-order valence-corrected chi connectivity index (χ3v) is 3.16. The van der Waals surface area contributed by atoms with Crippen LogP contribution in [0, 0.1) is 0 Å². The molecule has 0 aromatic heterocycles. The number of anilines is 1. The lowest BCUT2D eigenvalue weighted by Crippen LogP contribution is -2.40. The Morgan fingerprint density at radius 3 is 2.43 bits per heavy atom. The number of hydrogen-bond acceptors (Lipinski definition) is 4. The molecule has 1 rings (SSSR count). The maximum Gasteiger partial charge on any atom is 0.288 e. The van der Waals surface area contributed by atoms with Crippen molar-refractivity contribution in [3.63, 3.8) is 0 Å². The molecule has 0 aliphatic rings. The number of carbonyl (C=O) groups excluding carboxylic acids is 1. The number of thioether (sulfide) groups is 1. The number of alkyl halides is 2. The van der Waals surface area contributed by atoms with E-state index >= 15 is 0 Å². The van der Waals surface area contributed by atoms with E-state index in [0.29, 0.717) is 28.9 Å². The Balaban J connectivity index is 2.47. The smallest absolute Gasteiger partial charge is 0.288 e.